The summed E-state index contributed by atoms with van der Waals surface area (Å²) in [5, 5.41) is 3.87. The monoisotopic (exact) mass is 367 g/mol. The zero-order chi connectivity index (χ0) is 17.1. The smallest absolute Gasteiger partial charge is 0.255 e. The molecule has 0 aliphatic carbocycles. The summed E-state index contributed by atoms with van der Waals surface area (Å²) in [5.74, 6) is 1.21. The van der Waals surface area contributed by atoms with Crippen molar-refractivity contribution >= 4 is 35.2 Å². The summed E-state index contributed by atoms with van der Waals surface area (Å²) in [6, 6.07) is 6.97. The number of amides is 2. The van der Waals surface area contributed by atoms with Crippen molar-refractivity contribution in [3.63, 3.8) is 0 Å². The normalized spacial score (nSPS) is 22.0. The molecule has 1 atom stereocenters. The molecule has 5 nitrogen and oxygen atoms in total. The van der Waals surface area contributed by atoms with Crippen LogP contribution in [0.3, 0.4) is 0 Å². The molecular formula is C17H22ClN3O2S. The lowest BCUT2D eigenvalue weighted by atomic mass is 10.0. The van der Waals surface area contributed by atoms with Crippen molar-refractivity contribution in [3.8, 4) is 0 Å². The fourth-order valence-electron chi connectivity index (χ4n) is 3.20. The van der Waals surface area contributed by atoms with E-state index in [1.807, 2.05) is 11.9 Å². The molecule has 3 rings (SSSR count). The first kappa shape index (κ1) is 17.6. The van der Waals surface area contributed by atoms with Crippen molar-refractivity contribution in [2.45, 2.75) is 24.9 Å². The molecule has 2 aliphatic heterocycles. The molecular weight excluding hydrogens is 346 g/mol. The van der Waals surface area contributed by atoms with Crippen LogP contribution in [-0.2, 0) is 4.79 Å². The highest BCUT2D eigenvalue weighted by molar-refractivity contribution is 7.99. The molecule has 2 heterocycles. The fourth-order valence-corrected chi connectivity index (χ4v) is 4.48. The Bertz CT molecular complexity index is 602. The highest BCUT2D eigenvalue weighted by Crippen LogP contribution is 2.26. The summed E-state index contributed by atoms with van der Waals surface area (Å²) in [7, 11) is 1.96. The first-order chi connectivity index (χ1) is 11.6. The van der Waals surface area contributed by atoms with Crippen LogP contribution in [0.4, 0.5) is 0 Å². The van der Waals surface area contributed by atoms with Gasteiger partial charge < -0.3 is 15.1 Å². The van der Waals surface area contributed by atoms with Gasteiger partial charge in [-0.25, -0.2) is 0 Å². The number of hydrogen-bond donors (Lipinski definition) is 1. The number of carbonyl (C=O) groups is 2. The molecule has 2 saturated heterocycles. The molecule has 130 valence electrons. The van der Waals surface area contributed by atoms with Crippen LogP contribution < -0.4 is 5.32 Å². The van der Waals surface area contributed by atoms with E-state index in [0.29, 0.717) is 28.3 Å². The first-order valence-electron chi connectivity index (χ1n) is 8.20. The molecule has 1 aromatic carbocycles. The van der Waals surface area contributed by atoms with E-state index in [-0.39, 0.29) is 17.9 Å². The molecule has 7 heteroatoms. The first-order valence-corrected chi connectivity index (χ1v) is 9.73. The lowest BCUT2D eigenvalue weighted by molar-refractivity contribution is -0.136. The predicted octanol–water partition coefficient (Wildman–Crippen LogP) is 2.07. The third-order valence-corrected chi connectivity index (χ3v) is 6.00. The average Bonchev–Trinajstić information content (AvgIpc) is 3.11. The maximum Gasteiger partial charge on any atom is 0.255 e. The molecule has 0 radical (unpaired) electrons. The third kappa shape index (κ3) is 3.71. The van der Waals surface area contributed by atoms with Crippen molar-refractivity contribution < 1.29 is 9.59 Å². The highest BCUT2D eigenvalue weighted by atomic mass is 35.5. The summed E-state index contributed by atoms with van der Waals surface area (Å²) >= 11 is 7.52. The van der Waals surface area contributed by atoms with Crippen LogP contribution >= 0.6 is 23.4 Å². The summed E-state index contributed by atoms with van der Waals surface area (Å²) in [6.45, 7) is 1.52. The average molecular weight is 368 g/mol. The minimum absolute atomic E-state index is 0.0804. The van der Waals surface area contributed by atoms with Gasteiger partial charge in [0.15, 0.2) is 0 Å². The van der Waals surface area contributed by atoms with E-state index < -0.39 is 0 Å². The SMILES string of the molecule is CNC1CCN(C(=O)C2CSCN2C(=O)c2ccc(Cl)cc2)CC1. The molecule has 1 aromatic rings. The summed E-state index contributed by atoms with van der Waals surface area (Å²) < 4.78 is 0. The molecule has 1 unspecified atom stereocenters. The van der Waals surface area contributed by atoms with Crippen molar-refractivity contribution in [1.82, 2.24) is 15.1 Å². The molecule has 0 aromatic heterocycles. The van der Waals surface area contributed by atoms with E-state index in [1.54, 1.807) is 40.9 Å². The lowest BCUT2D eigenvalue weighted by Crippen LogP contribution is -2.52. The number of benzene rings is 1. The highest BCUT2D eigenvalue weighted by Gasteiger charge is 2.38. The Morgan fingerprint density at radius 1 is 1.21 bits per heavy atom. The van der Waals surface area contributed by atoms with Crippen LogP contribution in [0.1, 0.15) is 23.2 Å². The number of hydrogen-bond acceptors (Lipinski definition) is 4. The van der Waals surface area contributed by atoms with Crippen LogP contribution in [0.25, 0.3) is 0 Å². The Labute approximate surface area is 151 Å². The maximum atomic E-state index is 12.9. The second-order valence-electron chi connectivity index (χ2n) is 6.19. The van der Waals surface area contributed by atoms with E-state index >= 15 is 0 Å². The van der Waals surface area contributed by atoms with E-state index in [4.69, 9.17) is 11.6 Å². The number of halogens is 1. The van der Waals surface area contributed by atoms with Crippen molar-refractivity contribution in [2.75, 3.05) is 31.8 Å². The number of nitrogens with zero attached hydrogens (tertiary/aromatic N) is 2. The van der Waals surface area contributed by atoms with Crippen molar-refractivity contribution in [1.29, 1.82) is 0 Å². The van der Waals surface area contributed by atoms with Crippen LogP contribution in [0.2, 0.25) is 5.02 Å². The zero-order valence-corrected chi connectivity index (χ0v) is 15.3. The van der Waals surface area contributed by atoms with Crippen LogP contribution in [0.5, 0.6) is 0 Å². The van der Waals surface area contributed by atoms with Crippen LogP contribution in [0, 0.1) is 0 Å². The Morgan fingerprint density at radius 2 is 1.88 bits per heavy atom. The van der Waals surface area contributed by atoms with Gasteiger partial charge in [0.1, 0.15) is 6.04 Å². The number of thioether (sulfide) groups is 1. The van der Waals surface area contributed by atoms with Crippen molar-refractivity contribution in [3.05, 3.63) is 34.9 Å². The van der Waals surface area contributed by atoms with E-state index in [9.17, 15) is 9.59 Å². The van der Waals surface area contributed by atoms with Crippen molar-refractivity contribution in [2.24, 2.45) is 0 Å². The largest absolute Gasteiger partial charge is 0.341 e. The summed E-state index contributed by atoms with van der Waals surface area (Å²) in [4.78, 5) is 29.2. The number of carbonyl (C=O) groups excluding carboxylic acids is 2. The minimum Gasteiger partial charge on any atom is -0.341 e. The Balaban J connectivity index is 1.67. The minimum atomic E-state index is -0.357. The summed E-state index contributed by atoms with van der Waals surface area (Å²) in [6.07, 6.45) is 1.93. The van der Waals surface area contributed by atoms with Gasteiger partial charge in [0, 0.05) is 35.5 Å². The Morgan fingerprint density at radius 3 is 2.50 bits per heavy atom. The Kier molecular flexibility index (Phi) is 5.69. The second-order valence-corrected chi connectivity index (χ2v) is 7.62. The molecule has 2 aliphatic rings. The standard InChI is InChI=1S/C17H22ClN3O2S/c1-19-14-6-8-20(9-7-14)17(23)15-10-24-11-21(15)16(22)12-2-4-13(18)5-3-12/h2-5,14-15,19H,6-11H2,1H3. The fraction of sp³-hybridized carbons (Fsp3) is 0.529. The van der Waals surface area contributed by atoms with Gasteiger partial charge in [0.25, 0.3) is 5.91 Å². The van der Waals surface area contributed by atoms with Crippen LogP contribution in [0.15, 0.2) is 24.3 Å². The second kappa shape index (κ2) is 7.76. The van der Waals surface area contributed by atoms with Gasteiger partial charge in [-0.2, -0.15) is 0 Å². The lowest BCUT2D eigenvalue weighted by Gasteiger charge is -2.35. The van der Waals surface area contributed by atoms with Gasteiger partial charge in [0.05, 0.1) is 5.88 Å². The third-order valence-electron chi connectivity index (χ3n) is 4.73. The van der Waals surface area contributed by atoms with Gasteiger partial charge in [-0.05, 0) is 44.2 Å². The molecule has 2 amide bonds. The van der Waals surface area contributed by atoms with Gasteiger partial charge >= 0.3 is 0 Å². The molecule has 2 fully saturated rings. The quantitative estimate of drug-likeness (QED) is 0.888. The zero-order valence-electron chi connectivity index (χ0n) is 13.7. The van der Waals surface area contributed by atoms with Gasteiger partial charge in [-0.3, -0.25) is 9.59 Å². The molecule has 24 heavy (non-hydrogen) atoms. The number of rotatable bonds is 3. The topological polar surface area (TPSA) is 52.7 Å². The van der Waals surface area contributed by atoms with E-state index in [1.165, 1.54) is 0 Å². The van der Waals surface area contributed by atoms with E-state index in [2.05, 4.69) is 5.32 Å². The molecule has 1 N–H and O–H groups in total. The molecule has 0 bridgehead atoms. The van der Waals surface area contributed by atoms with Gasteiger partial charge in [0.2, 0.25) is 5.91 Å². The van der Waals surface area contributed by atoms with Gasteiger partial charge in [-0.1, -0.05) is 11.6 Å². The van der Waals surface area contributed by atoms with Crippen LogP contribution in [-0.4, -0.2) is 65.5 Å². The predicted molar refractivity (Wildman–Crippen MR) is 97.4 cm³/mol. The van der Waals surface area contributed by atoms with Gasteiger partial charge in [-0.15, -0.1) is 11.8 Å². The molecule has 0 spiro atoms. The maximum absolute atomic E-state index is 12.9. The molecule has 0 saturated carbocycles. The number of piperidine rings is 1. The summed E-state index contributed by atoms with van der Waals surface area (Å²) in [5.41, 5.74) is 0.577. The number of likely N-dealkylation sites (tertiary alicyclic amines) is 1. The number of nitrogens with one attached hydrogen (secondary N) is 1. The Hall–Kier alpha value is -1.24. The van der Waals surface area contributed by atoms with E-state index in [0.717, 1.165) is 25.9 Å².